The molecule has 0 fully saturated rings. The van der Waals surface area contributed by atoms with E-state index in [0.717, 1.165) is 102 Å². The first-order chi connectivity index (χ1) is 44.0. The Morgan fingerprint density at radius 3 is 0.747 bits per heavy atom. The first-order valence-electron chi connectivity index (χ1n) is 37.6. The average molecular weight is 1340 g/mol. The lowest BCUT2D eigenvalue weighted by atomic mass is 10.0. The quantitative estimate of drug-likeness (QED) is 0.0222. The van der Waals surface area contributed by atoms with Gasteiger partial charge in [0.05, 0.1) is 26.4 Å². The van der Waals surface area contributed by atoms with Crippen LogP contribution in [-0.4, -0.2) is 96.7 Å². The molecular formula is C72H140O17P2. The van der Waals surface area contributed by atoms with Gasteiger partial charge >= 0.3 is 39.5 Å². The van der Waals surface area contributed by atoms with E-state index in [1.54, 1.807) is 0 Å². The van der Waals surface area contributed by atoms with Crippen molar-refractivity contribution in [2.75, 3.05) is 39.6 Å². The Labute approximate surface area is 556 Å². The van der Waals surface area contributed by atoms with Crippen molar-refractivity contribution < 1.29 is 80.2 Å². The number of carbonyl (C=O) groups is 4. The van der Waals surface area contributed by atoms with Crippen molar-refractivity contribution in [3.8, 4) is 0 Å². The zero-order chi connectivity index (χ0) is 67.0. The van der Waals surface area contributed by atoms with Gasteiger partial charge in [0.2, 0.25) is 0 Å². The molecule has 0 aliphatic rings. The lowest BCUT2D eigenvalue weighted by molar-refractivity contribution is -0.161. The number of rotatable bonds is 72. The topological polar surface area (TPSA) is 237 Å². The van der Waals surface area contributed by atoms with E-state index in [-0.39, 0.29) is 25.7 Å². The van der Waals surface area contributed by atoms with Gasteiger partial charge in [-0.2, -0.15) is 0 Å². The monoisotopic (exact) mass is 1340 g/mol. The Kier molecular flexibility index (Phi) is 64.0. The molecule has 0 spiro atoms. The number of phosphoric acid groups is 2. The van der Waals surface area contributed by atoms with Crippen LogP contribution in [0.15, 0.2) is 0 Å². The molecule has 0 aliphatic heterocycles. The molecule has 19 heteroatoms. The van der Waals surface area contributed by atoms with Gasteiger partial charge in [-0.3, -0.25) is 37.3 Å². The predicted molar refractivity (Wildman–Crippen MR) is 368 cm³/mol. The fourth-order valence-electron chi connectivity index (χ4n) is 11.0. The van der Waals surface area contributed by atoms with Gasteiger partial charge in [-0.05, 0) is 31.6 Å². The molecule has 0 rings (SSSR count). The summed E-state index contributed by atoms with van der Waals surface area (Å²) in [4.78, 5) is 72.3. The van der Waals surface area contributed by atoms with E-state index in [1.807, 2.05) is 0 Å². The van der Waals surface area contributed by atoms with Gasteiger partial charge in [-0.1, -0.05) is 324 Å². The van der Waals surface area contributed by atoms with Crippen molar-refractivity contribution in [3.63, 3.8) is 0 Å². The molecule has 91 heavy (non-hydrogen) atoms. The minimum atomic E-state index is -4.95. The molecule has 5 atom stereocenters. The molecule has 2 unspecified atom stereocenters. The van der Waals surface area contributed by atoms with Gasteiger partial charge in [-0.25, -0.2) is 9.13 Å². The van der Waals surface area contributed by atoms with Crippen molar-refractivity contribution in [3.05, 3.63) is 0 Å². The highest BCUT2D eigenvalue weighted by Gasteiger charge is 2.30. The number of unbranched alkanes of at least 4 members (excludes halogenated alkanes) is 44. The molecular weight excluding hydrogens is 1200 g/mol. The Morgan fingerprint density at radius 1 is 0.297 bits per heavy atom. The summed E-state index contributed by atoms with van der Waals surface area (Å²) in [7, 11) is -9.89. The molecule has 0 saturated heterocycles. The summed E-state index contributed by atoms with van der Waals surface area (Å²) in [5, 5.41) is 10.6. The summed E-state index contributed by atoms with van der Waals surface area (Å²) in [6.07, 6.45) is 53.3. The zero-order valence-electron chi connectivity index (χ0n) is 59.0. The second kappa shape index (κ2) is 65.4. The molecule has 0 aliphatic carbocycles. The van der Waals surface area contributed by atoms with Crippen LogP contribution in [-0.2, 0) is 65.4 Å². The van der Waals surface area contributed by atoms with Crippen molar-refractivity contribution in [1.82, 2.24) is 0 Å². The van der Waals surface area contributed by atoms with Crippen LogP contribution < -0.4 is 0 Å². The number of esters is 4. The molecule has 0 radical (unpaired) electrons. The SMILES string of the molecule is CCCCCCCCCCCCCCCCCCCCCCCC(=O)O[C@H](COC(=O)CCCCCCCCCCCCCCC)COP(=O)(O)OC[C@@H](O)COP(=O)(O)OC[C@@H](COC(=O)CCCCCCC)OC(=O)CCCCCCCCCCCC(C)C. The summed E-state index contributed by atoms with van der Waals surface area (Å²) in [6.45, 7) is 7.14. The van der Waals surface area contributed by atoms with E-state index in [0.29, 0.717) is 25.7 Å². The summed E-state index contributed by atoms with van der Waals surface area (Å²) >= 11 is 0. The third kappa shape index (κ3) is 66.5. The second-order valence-corrected chi connectivity index (χ2v) is 29.4. The van der Waals surface area contributed by atoms with Crippen LogP contribution >= 0.6 is 15.6 Å². The number of hydrogen-bond donors (Lipinski definition) is 3. The average Bonchev–Trinajstić information content (AvgIpc) is 3.00. The molecule has 0 heterocycles. The number of aliphatic hydroxyl groups excluding tert-OH is 1. The van der Waals surface area contributed by atoms with Crippen LogP contribution in [0.5, 0.6) is 0 Å². The number of carbonyl (C=O) groups excluding carboxylic acids is 4. The molecule has 3 N–H and O–H groups in total. The van der Waals surface area contributed by atoms with Gasteiger partial charge in [0.15, 0.2) is 12.2 Å². The van der Waals surface area contributed by atoms with Gasteiger partial charge < -0.3 is 33.8 Å². The number of phosphoric ester groups is 2. The van der Waals surface area contributed by atoms with Crippen molar-refractivity contribution in [1.29, 1.82) is 0 Å². The maximum Gasteiger partial charge on any atom is 0.472 e. The maximum absolute atomic E-state index is 13.0. The van der Waals surface area contributed by atoms with Crippen LogP contribution in [0.1, 0.15) is 375 Å². The highest BCUT2D eigenvalue weighted by molar-refractivity contribution is 7.47. The predicted octanol–water partition coefficient (Wildman–Crippen LogP) is 20.9. The van der Waals surface area contributed by atoms with Crippen LogP contribution in [0.4, 0.5) is 0 Å². The summed E-state index contributed by atoms with van der Waals surface area (Å²) in [5.74, 6) is -1.40. The molecule has 540 valence electrons. The lowest BCUT2D eigenvalue weighted by Crippen LogP contribution is -2.30. The van der Waals surface area contributed by atoms with E-state index in [1.165, 1.54) is 193 Å². The molecule has 17 nitrogen and oxygen atoms in total. The first-order valence-corrected chi connectivity index (χ1v) is 40.6. The largest absolute Gasteiger partial charge is 0.472 e. The molecule has 0 aromatic rings. The summed E-state index contributed by atoms with van der Waals surface area (Å²) in [5.41, 5.74) is 0. The molecule has 0 aromatic heterocycles. The Morgan fingerprint density at radius 2 is 0.505 bits per heavy atom. The number of hydrogen-bond acceptors (Lipinski definition) is 15. The van der Waals surface area contributed by atoms with E-state index in [2.05, 4.69) is 34.6 Å². The van der Waals surface area contributed by atoms with Gasteiger partial charge in [0.1, 0.15) is 19.3 Å². The fourth-order valence-corrected chi connectivity index (χ4v) is 12.6. The van der Waals surface area contributed by atoms with Crippen LogP contribution in [0.3, 0.4) is 0 Å². The first kappa shape index (κ1) is 89.1. The van der Waals surface area contributed by atoms with Crippen LogP contribution in [0.2, 0.25) is 0 Å². The fraction of sp³-hybridized carbons (Fsp3) is 0.944. The maximum atomic E-state index is 13.0. The Bertz CT molecular complexity index is 1750. The Balaban J connectivity index is 5.11. The van der Waals surface area contributed by atoms with Crippen molar-refractivity contribution >= 4 is 39.5 Å². The number of aliphatic hydroxyl groups is 1. The summed E-state index contributed by atoms with van der Waals surface area (Å²) < 4.78 is 68.1. The van der Waals surface area contributed by atoms with Gasteiger partial charge in [0, 0.05) is 25.7 Å². The smallest absolute Gasteiger partial charge is 0.462 e. The minimum absolute atomic E-state index is 0.105. The molecule has 0 saturated carbocycles. The van der Waals surface area contributed by atoms with E-state index < -0.39 is 97.5 Å². The molecule has 0 bridgehead atoms. The molecule has 0 amide bonds. The van der Waals surface area contributed by atoms with Crippen LogP contribution in [0, 0.1) is 5.92 Å². The van der Waals surface area contributed by atoms with Crippen LogP contribution in [0.25, 0.3) is 0 Å². The third-order valence-electron chi connectivity index (χ3n) is 16.8. The Hall–Kier alpha value is -1.94. The highest BCUT2D eigenvalue weighted by atomic mass is 31.2. The van der Waals surface area contributed by atoms with Crippen molar-refractivity contribution in [2.45, 2.75) is 393 Å². The van der Waals surface area contributed by atoms with Gasteiger partial charge in [-0.15, -0.1) is 0 Å². The highest BCUT2D eigenvalue weighted by Crippen LogP contribution is 2.45. The van der Waals surface area contributed by atoms with E-state index >= 15 is 0 Å². The minimum Gasteiger partial charge on any atom is -0.462 e. The normalized spacial score (nSPS) is 14.0. The lowest BCUT2D eigenvalue weighted by Gasteiger charge is -2.21. The zero-order valence-corrected chi connectivity index (χ0v) is 60.8. The van der Waals surface area contributed by atoms with E-state index in [4.69, 9.17) is 37.0 Å². The number of ether oxygens (including phenoxy) is 4. The third-order valence-corrected chi connectivity index (χ3v) is 18.7. The second-order valence-electron chi connectivity index (χ2n) is 26.5. The van der Waals surface area contributed by atoms with E-state index in [9.17, 15) is 43.2 Å². The van der Waals surface area contributed by atoms with Gasteiger partial charge in [0.25, 0.3) is 0 Å². The van der Waals surface area contributed by atoms with Crippen molar-refractivity contribution in [2.24, 2.45) is 5.92 Å². The standard InChI is InChI=1S/C72H140O17P2/c1-6-9-12-15-17-19-21-23-24-25-26-27-28-29-30-32-34-38-42-47-52-57-71(76)89-68(62-83-70(75)56-51-46-41-37-33-31-22-20-18-16-13-10-7-2)64-87-91(80,81)85-60-66(73)59-84-90(78,79)86-63-67(61-82-69(74)55-50-44-14-11-8-3)88-72(77)58-53-48-43-39-35-36-40-45-49-54-65(4)5/h65-68,73H,6-64H2,1-5H3,(H,78,79)(H,80,81)/t66-,67+,68+/m0/s1. The molecule has 0 aromatic carbocycles. The summed E-state index contributed by atoms with van der Waals surface area (Å²) in [6, 6.07) is 0.